The third kappa shape index (κ3) is 6.00. The van der Waals surface area contributed by atoms with E-state index in [2.05, 4.69) is 9.73 Å². The zero-order valence-electron chi connectivity index (χ0n) is 21.7. The molecule has 2 fully saturated rings. The number of nitrogens with two attached hydrogens (primary N) is 1. The molecule has 1 saturated carbocycles. The molecule has 3 aromatic rings. The number of hydrogen-bond acceptors (Lipinski definition) is 11. The Hall–Kier alpha value is -3.83. The van der Waals surface area contributed by atoms with Crippen molar-refractivity contribution in [3.63, 3.8) is 0 Å². The topological polar surface area (TPSA) is 171 Å². The number of esters is 1. The number of carbonyl (C=O) groups excluding carboxylic acids is 1. The first-order valence-corrected chi connectivity index (χ1v) is 13.9. The molecule has 5 rings (SSSR count). The Morgan fingerprint density at radius 3 is 2.62 bits per heavy atom. The molecule has 12 nitrogen and oxygen atoms in total. The molecule has 2 aromatic carbocycles. The molecule has 2 aliphatic rings. The summed E-state index contributed by atoms with van der Waals surface area (Å²) >= 11 is 0. The average Bonchev–Trinajstić information content (AvgIpc) is 3.70. The van der Waals surface area contributed by atoms with Gasteiger partial charge in [0.2, 0.25) is 5.75 Å². The first-order chi connectivity index (χ1) is 19.3. The molecule has 5 atom stereocenters. The number of aromatic nitrogens is 2. The smallest absolute Gasteiger partial charge is 0.395 e. The molecule has 1 aromatic heterocycles. The number of para-hydroxylation sites is 2. The Morgan fingerprint density at radius 2 is 1.93 bits per heavy atom. The number of anilines is 1. The van der Waals surface area contributed by atoms with Crippen LogP contribution >= 0.6 is 8.17 Å². The minimum absolute atomic E-state index is 0.0624. The Balaban J connectivity index is 1.20. The van der Waals surface area contributed by atoms with E-state index in [4.69, 9.17) is 24.5 Å². The molecule has 1 unspecified atom stereocenters. The van der Waals surface area contributed by atoms with Crippen molar-refractivity contribution < 1.29 is 33.5 Å². The average molecular weight is 569 g/mol. The summed E-state index contributed by atoms with van der Waals surface area (Å²) in [5.74, 6) is -0.145. The van der Waals surface area contributed by atoms with Gasteiger partial charge in [0.05, 0.1) is 6.10 Å². The first kappa shape index (κ1) is 27.7. The minimum Gasteiger partial charge on any atom is -0.575 e. The molecule has 1 aliphatic carbocycles. The molecule has 1 saturated heterocycles. The van der Waals surface area contributed by atoms with Crippen molar-refractivity contribution in [2.45, 2.75) is 50.8 Å². The van der Waals surface area contributed by atoms with Gasteiger partial charge in [0, 0.05) is 11.6 Å². The van der Waals surface area contributed by atoms with Crippen LogP contribution in [-0.4, -0.2) is 45.5 Å². The van der Waals surface area contributed by atoms with Gasteiger partial charge in [-0.2, -0.15) is 4.98 Å². The van der Waals surface area contributed by atoms with Crippen molar-refractivity contribution in [2.24, 2.45) is 10.2 Å². The molecular weight excluding hydrogens is 539 g/mol. The normalized spacial score (nSPS) is 22.1. The Morgan fingerprint density at radius 1 is 1.23 bits per heavy atom. The summed E-state index contributed by atoms with van der Waals surface area (Å²) < 4.78 is 27.9. The van der Waals surface area contributed by atoms with E-state index in [0.717, 1.165) is 5.56 Å². The van der Waals surface area contributed by atoms with Gasteiger partial charge in [-0.1, -0.05) is 47.2 Å². The molecule has 2 heterocycles. The lowest BCUT2D eigenvalue weighted by atomic mass is 9.96. The lowest BCUT2D eigenvalue weighted by molar-refractivity contribution is -0.169. The predicted molar refractivity (Wildman–Crippen MR) is 142 cm³/mol. The maximum atomic E-state index is 12.6. The molecular formula is C27H29N4O8P. The van der Waals surface area contributed by atoms with Gasteiger partial charge in [-0.15, -0.1) is 0 Å². The van der Waals surface area contributed by atoms with Gasteiger partial charge in [-0.3, -0.25) is 9.09 Å². The van der Waals surface area contributed by atoms with Crippen LogP contribution in [0.2, 0.25) is 0 Å². The van der Waals surface area contributed by atoms with Crippen molar-refractivity contribution >= 4 is 20.0 Å². The van der Waals surface area contributed by atoms with Crippen LogP contribution in [-0.2, 0) is 20.9 Å². The minimum atomic E-state index is -2.63. The summed E-state index contributed by atoms with van der Waals surface area (Å²) in [5, 5.41) is 11.0. The van der Waals surface area contributed by atoms with Gasteiger partial charge in [-0.25, -0.2) is 9.59 Å². The summed E-state index contributed by atoms with van der Waals surface area (Å²) in [5.41, 5.74) is 5.25. The van der Waals surface area contributed by atoms with Gasteiger partial charge in [0.1, 0.15) is 31.4 Å². The number of hydrogen-bond donors (Lipinski definition) is 2. The first-order valence-electron chi connectivity index (χ1n) is 12.7. The summed E-state index contributed by atoms with van der Waals surface area (Å²) in [6.07, 6.45) is 0.527. The van der Waals surface area contributed by atoms with E-state index < -0.39 is 49.7 Å². The molecule has 3 N–H and O–H groups in total. The lowest BCUT2D eigenvalue weighted by Gasteiger charge is -2.20. The number of carbonyl (C=O) groups is 1. The van der Waals surface area contributed by atoms with Crippen LogP contribution in [0.3, 0.4) is 0 Å². The summed E-state index contributed by atoms with van der Waals surface area (Å²) in [4.78, 5) is 41.0. The highest BCUT2D eigenvalue weighted by atomic mass is 31.1. The van der Waals surface area contributed by atoms with Crippen molar-refractivity contribution in [1.82, 2.24) is 9.55 Å². The van der Waals surface area contributed by atoms with Crippen LogP contribution in [0.25, 0.3) is 0 Å². The van der Waals surface area contributed by atoms with Crippen LogP contribution in [0.1, 0.15) is 31.6 Å². The van der Waals surface area contributed by atoms with Gasteiger partial charge in [0.15, 0.2) is 11.8 Å². The lowest BCUT2D eigenvalue weighted by Crippen LogP contribution is -2.34. The number of ether oxygens (including phenoxy) is 3. The van der Waals surface area contributed by atoms with Crippen molar-refractivity contribution in [3.05, 3.63) is 82.9 Å². The molecule has 0 radical (unpaired) electrons. The fourth-order valence-corrected chi connectivity index (χ4v) is 5.36. The van der Waals surface area contributed by atoms with Crippen molar-refractivity contribution in [3.8, 4) is 11.5 Å². The molecule has 13 heteroatoms. The highest BCUT2D eigenvalue weighted by molar-refractivity contribution is 7.34. The van der Waals surface area contributed by atoms with Gasteiger partial charge in [-0.05, 0) is 43.5 Å². The second-order valence-corrected chi connectivity index (χ2v) is 10.6. The zero-order chi connectivity index (χ0) is 28.3. The second kappa shape index (κ2) is 11.7. The largest absolute Gasteiger partial charge is 0.575 e. The fourth-order valence-electron chi connectivity index (χ4n) is 4.62. The third-order valence-corrected chi connectivity index (χ3v) is 7.82. The second-order valence-electron chi connectivity index (χ2n) is 9.72. The molecule has 210 valence electrons. The maximum absolute atomic E-state index is 12.6. The zero-order valence-corrected chi connectivity index (χ0v) is 22.6. The van der Waals surface area contributed by atoms with Gasteiger partial charge < -0.3 is 29.9 Å². The Labute approximate surface area is 230 Å². The fraction of sp³-hybridized carbons (Fsp3) is 0.370. The van der Waals surface area contributed by atoms with Gasteiger partial charge >= 0.3 is 19.8 Å². The Bertz CT molecular complexity index is 1450. The Kier molecular flexibility index (Phi) is 8.13. The molecule has 1 spiro atoms. The van der Waals surface area contributed by atoms with Crippen molar-refractivity contribution in [2.75, 3.05) is 12.3 Å². The van der Waals surface area contributed by atoms with Crippen LogP contribution in [0.5, 0.6) is 11.5 Å². The summed E-state index contributed by atoms with van der Waals surface area (Å²) in [6.45, 7) is 1.48. The summed E-state index contributed by atoms with van der Waals surface area (Å²) in [6, 6.07) is 16.2. The van der Waals surface area contributed by atoms with E-state index in [1.807, 2.05) is 30.3 Å². The highest BCUT2D eigenvalue weighted by Crippen LogP contribution is 2.62. The highest BCUT2D eigenvalue weighted by Gasteiger charge is 2.64. The maximum Gasteiger partial charge on any atom is 0.395 e. The number of rotatable bonds is 10. The van der Waals surface area contributed by atoms with Gasteiger partial charge in [0.25, 0.3) is 0 Å². The standard InChI is InChI=1S/C27H29N4O8P/c1-17(24(33)37-15-18-7-3-2-4-8-18)30-40(35)39-20-10-6-5-9-19(20)36-16-21-23(32)27(12-13-27)25(38-21)31-14-11-22(28)29-26(31)34/h2-11,14,17,21,23,25,32H,12-13,15-16H2,1H3,(H2,28,29,34)/t17-,21+,23+,25+/m0/s1. The number of aliphatic hydroxyl groups is 1. The number of benzene rings is 2. The molecule has 0 amide bonds. The number of nitrogen functional groups attached to an aromatic ring is 1. The quantitative estimate of drug-likeness (QED) is 0.273. The third-order valence-electron chi connectivity index (χ3n) is 6.93. The van der Waals surface area contributed by atoms with Crippen LogP contribution < -0.4 is 25.6 Å². The van der Waals surface area contributed by atoms with E-state index in [1.165, 1.54) is 23.8 Å². The molecule has 40 heavy (non-hydrogen) atoms. The molecule has 0 bridgehead atoms. The van der Waals surface area contributed by atoms with Crippen LogP contribution in [0, 0.1) is 5.41 Å². The van der Waals surface area contributed by atoms with Crippen molar-refractivity contribution in [1.29, 1.82) is 0 Å². The van der Waals surface area contributed by atoms with Crippen LogP contribution in [0.15, 0.2) is 76.4 Å². The van der Waals surface area contributed by atoms with E-state index in [9.17, 15) is 19.6 Å². The molecule has 1 aliphatic heterocycles. The SMILES string of the molecule is C[C@H](N=[P+]([O-])Oc1ccccc1OC[C@H]1O[C@@H](n2ccc(N)nc2=O)C2(CC2)[C@@H]1O)C(=O)OCc1ccccc1. The van der Waals surface area contributed by atoms with E-state index in [1.54, 1.807) is 24.3 Å². The van der Waals surface area contributed by atoms with Crippen LogP contribution in [0.4, 0.5) is 5.82 Å². The van der Waals surface area contributed by atoms with E-state index in [0.29, 0.717) is 12.8 Å². The number of nitrogens with zero attached hydrogens (tertiary/aromatic N) is 3. The van der Waals surface area contributed by atoms with E-state index >= 15 is 0 Å². The summed E-state index contributed by atoms with van der Waals surface area (Å²) in [7, 11) is -2.63. The monoisotopic (exact) mass is 568 g/mol. The predicted octanol–water partition coefficient (Wildman–Crippen LogP) is 2.31. The number of aliphatic hydroxyl groups excluding tert-OH is 1. The van der Waals surface area contributed by atoms with E-state index in [-0.39, 0.29) is 30.5 Å².